The molecule has 4 nitrogen and oxygen atoms in total. The van der Waals surface area contributed by atoms with Gasteiger partial charge in [-0.2, -0.15) is 0 Å². The lowest BCUT2D eigenvalue weighted by Crippen LogP contribution is -2.44. The molecule has 2 aromatic rings. The van der Waals surface area contributed by atoms with Crippen molar-refractivity contribution >= 4 is 17.4 Å². The van der Waals surface area contributed by atoms with Crippen molar-refractivity contribution in [2.45, 2.75) is 25.7 Å². The molecule has 1 saturated heterocycles. The number of hydrogen-bond donors (Lipinski definition) is 0. The third-order valence-corrected chi connectivity index (χ3v) is 5.17. The summed E-state index contributed by atoms with van der Waals surface area (Å²) in [6.45, 7) is 2.52. The normalized spacial score (nSPS) is 14.7. The summed E-state index contributed by atoms with van der Waals surface area (Å²) in [6, 6.07) is 10.4. The van der Waals surface area contributed by atoms with Gasteiger partial charge in [-0.1, -0.05) is 30.3 Å². The van der Waals surface area contributed by atoms with Gasteiger partial charge in [0.1, 0.15) is 5.01 Å². The highest BCUT2D eigenvalue weighted by Crippen LogP contribution is 2.23. The molecule has 1 fully saturated rings. The van der Waals surface area contributed by atoms with E-state index in [9.17, 15) is 4.79 Å². The molecule has 3 rings (SSSR count). The molecule has 5 heteroatoms. The molecular formula is C18H23N3OS. The second-order valence-corrected chi connectivity index (χ2v) is 6.87. The number of likely N-dealkylation sites (tertiary alicyclic amines) is 1. The van der Waals surface area contributed by atoms with Crippen molar-refractivity contribution in [3.63, 3.8) is 0 Å². The van der Waals surface area contributed by atoms with E-state index >= 15 is 0 Å². The fourth-order valence-electron chi connectivity index (χ4n) is 2.84. The zero-order valence-electron chi connectivity index (χ0n) is 13.6. The molecular weight excluding hydrogens is 306 g/mol. The summed E-state index contributed by atoms with van der Waals surface area (Å²) < 4.78 is 0. The molecule has 122 valence electrons. The van der Waals surface area contributed by atoms with E-state index in [1.54, 1.807) is 11.3 Å². The van der Waals surface area contributed by atoms with Crippen LogP contribution in [0.25, 0.3) is 10.6 Å². The zero-order chi connectivity index (χ0) is 16.1. The minimum atomic E-state index is 0.156. The predicted octanol–water partition coefficient (Wildman–Crippen LogP) is 3.89. The topological polar surface area (TPSA) is 36.4 Å². The Morgan fingerprint density at radius 3 is 2.70 bits per heavy atom. The Hall–Kier alpha value is -1.88. The number of amides is 2. The highest BCUT2D eigenvalue weighted by molar-refractivity contribution is 7.13. The quantitative estimate of drug-likeness (QED) is 0.853. The summed E-state index contributed by atoms with van der Waals surface area (Å²) in [7, 11) is 1.89. The summed E-state index contributed by atoms with van der Waals surface area (Å²) in [5.41, 5.74) is 2.22. The average Bonchev–Trinajstić information content (AvgIpc) is 3.09. The van der Waals surface area contributed by atoms with Crippen molar-refractivity contribution in [3.8, 4) is 10.6 Å². The zero-order valence-corrected chi connectivity index (χ0v) is 14.4. The van der Waals surface area contributed by atoms with E-state index in [2.05, 4.69) is 17.5 Å². The molecule has 1 aromatic heterocycles. The van der Waals surface area contributed by atoms with Gasteiger partial charge in [0.2, 0.25) is 0 Å². The van der Waals surface area contributed by atoms with Gasteiger partial charge in [0.05, 0.1) is 5.69 Å². The number of nitrogens with zero attached hydrogens (tertiary/aromatic N) is 3. The molecule has 0 radical (unpaired) electrons. The second kappa shape index (κ2) is 7.59. The Morgan fingerprint density at radius 2 is 1.96 bits per heavy atom. The smallest absolute Gasteiger partial charge is 0.319 e. The minimum absolute atomic E-state index is 0.156. The molecule has 0 spiro atoms. The first-order valence-corrected chi connectivity index (χ1v) is 9.12. The van der Waals surface area contributed by atoms with E-state index in [1.807, 2.05) is 35.0 Å². The maximum Gasteiger partial charge on any atom is 0.319 e. The molecule has 1 aromatic carbocycles. The molecule has 0 aliphatic carbocycles. The number of rotatable bonds is 4. The van der Waals surface area contributed by atoms with Crippen LogP contribution in [-0.4, -0.2) is 47.5 Å². The lowest BCUT2D eigenvalue weighted by atomic mass is 10.1. The first-order chi connectivity index (χ1) is 11.2. The summed E-state index contributed by atoms with van der Waals surface area (Å²) in [5.74, 6) is 0. The molecule has 0 bridgehead atoms. The predicted molar refractivity (Wildman–Crippen MR) is 94.7 cm³/mol. The number of carbonyl (C=O) groups is 1. The third kappa shape index (κ3) is 4.10. The minimum Gasteiger partial charge on any atom is -0.327 e. The Bertz CT molecular complexity index is 635. The van der Waals surface area contributed by atoms with Crippen LogP contribution in [0, 0.1) is 0 Å². The average molecular weight is 329 g/mol. The van der Waals surface area contributed by atoms with Gasteiger partial charge in [-0.05, 0) is 19.3 Å². The highest BCUT2D eigenvalue weighted by Gasteiger charge is 2.19. The van der Waals surface area contributed by atoms with E-state index in [0.29, 0.717) is 6.54 Å². The molecule has 1 aliphatic heterocycles. The summed E-state index contributed by atoms with van der Waals surface area (Å²) >= 11 is 1.67. The van der Waals surface area contributed by atoms with Crippen LogP contribution >= 0.6 is 11.3 Å². The first kappa shape index (κ1) is 16.0. The van der Waals surface area contributed by atoms with Crippen LogP contribution < -0.4 is 0 Å². The Morgan fingerprint density at radius 1 is 1.22 bits per heavy atom. The molecule has 2 heterocycles. The maximum absolute atomic E-state index is 12.4. The standard InChI is InChI=1S/C18H23N3OS/c1-20(18(22)21-11-6-3-7-12-21)13-10-16-14-23-17(19-16)15-8-4-2-5-9-15/h2,4-5,8-9,14H,3,6-7,10-13H2,1H3. The van der Waals surface area contributed by atoms with Gasteiger partial charge in [-0.3, -0.25) is 0 Å². The molecule has 0 atom stereocenters. The SMILES string of the molecule is CN(CCc1csc(-c2ccccc2)n1)C(=O)N1CCCCC1. The second-order valence-electron chi connectivity index (χ2n) is 6.01. The Kier molecular flexibility index (Phi) is 5.28. The van der Waals surface area contributed by atoms with Gasteiger partial charge in [-0.25, -0.2) is 9.78 Å². The molecule has 23 heavy (non-hydrogen) atoms. The first-order valence-electron chi connectivity index (χ1n) is 8.24. The van der Waals surface area contributed by atoms with Crippen molar-refractivity contribution in [2.75, 3.05) is 26.7 Å². The van der Waals surface area contributed by atoms with Crippen LogP contribution in [-0.2, 0) is 6.42 Å². The largest absolute Gasteiger partial charge is 0.327 e. The maximum atomic E-state index is 12.4. The van der Waals surface area contributed by atoms with Gasteiger partial charge in [0, 0.05) is 44.0 Å². The van der Waals surface area contributed by atoms with Crippen molar-refractivity contribution in [1.82, 2.24) is 14.8 Å². The van der Waals surface area contributed by atoms with Crippen molar-refractivity contribution in [1.29, 1.82) is 0 Å². The molecule has 2 amide bonds. The highest BCUT2D eigenvalue weighted by atomic mass is 32.1. The third-order valence-electron chi connectivity index (χ3n) is 4.23. The molecule has 1 aliphatic rings. The van der Waals surface area contributed by atoms with Gasteiger partial charge in [0.25, 0.3) is 0 Å². The van der Waals surface area contributed by atoms with Crippen LogP contribution in [0.2, 0.25) is 0 Å². The number of thiazole rings is 1. The summed E-state index contributed by atoms with van der Waals surface area (Å²) in [4.78, 5) is 20.9. The number of piperidine rings is 1. The van der Waals surface area contributed by atoms with Crippen molar-refractivity contribution in [3.05, 3.63) is 41.4 Å². The van der Waals surface area contributed by atoms with Crippen molar-refractivity contribution in [2.24, 2.45) is 0 Å². The van der Waals surface area contributed by atoms with E-state index in [1.165, 1.54) is 6.42 Å². The van der Waals surface area contributed by atoms with Gasteiger partial charge in [0.15, 0.2) is 0 Å². The number of carbonyl (C=O) groups excluding carboxylic acids is 1. The van der Waals surface area contributed by atoms with Gasteiger partial charge < -0.3 is 9.80 Å². The number of hydrogen-bond acceptors (Lipinski definition) is 3. The lowest BCUT2D eigenvalue weighted by Gasteiger charge is -2.30. The Labute approximate surface area is 141 Å². The fourth-order valence-corrected chi connectivity index (χ4v) is 3.70. The monoisotopic (exact) mass is 329 g/mol. The number of aromatic nitrogens is 1. The summed E-state index contributed by atoms with van der Waals surface area (Å²) in [6.07, 6.45) is 4.31. The van der Waals surface area contributed by atoms with Crippen LogP contribution in [0.5, 0.6) is 0 Å². The van der Waals surface area contributed by atoms with Crippen LogP contribution in [0.15, 0.2) is 35.7 Å². The van der Waals surface area contributed by atoms with Crippen molar-refractivity contribution < 1.29 is 4.79 Å². The molecule has 0 saturated carbocycles. The van der Waals surface area contributed by atoms with E-state index in [0.717, 1.165) is 48.6 Å². The van der Waals surface area contributed by atoms with E-state index in [-0.39, 0.29) is 6.03 Å². The van der Waals surface area contributed by atoms with E-state index in [4.69, 9.17) is 4.98 Å². The van der Waals surface area contributed by atoms with Crippen LogP contribution in [0.3, 0.4) is 0 Å². The number of urea groups is 1. The molecule has 0 N–H and O–H groups in total. The fraction of sp³-hybridized carbons (Fsp3) is 0.444. The molecule has 0 unspecified atom stereocenters. The number of benzene rings is 1. The number of likely N-dealkylation sites (N-methyl/N-ethyl adjacent to an activating group) is 1. The lowest BCUT2D eigenvalue weighted by molar-refractivity contribution is 0.153. The van der Waals surface area contributed by atoms with Crippen LogP contribution in [0.4, 0.5) is 4.79 Å². The van der Waals surface area contributed by atoms with Gasteiger partial charge in [-0.15, -0.1) is 11.3 Å². The van der Waals surface area contributed by atoms with E-state index < -0.39 is 0 Å². The van der Waals surface area contributed by atoms with Gasteiger partial charge >= 0.3 is 6.03 Å². The summed E-state index contributed by atoms with van der Waals surface area (Å²) in [5, 5.41) is 3.15. The Balaban J connectivity index is 1.54. The van der Waals surface area contributed by atoms with Crippen LogP contribution in [0.1, 0.15) is 25.0 Å².